The van der Waals surface area contributed by atoms with Crippen molar-refractivity contribution in [2.24, 2.45) is 5.92 Å². The molecule has 0 aromatic heterocycles. The molecule has 1 unspecified atom stereocenters. The molecule has 2 heteroatoms. The molecule has 0 aromatic rings. The SMILES string of the molecule is CCCCC(CC)CN(C)CCCCCCl. The zero-order valence-corrected chi connectivity index (χ0v) is 12.2. The van der Waals surface area contributed by atoms with E-state index in [1.807, 2.05) is 0 Å². The molecule has 0 saturated carbocycles. The number of hydrogen-bond acceptors (Lipinski definition) is 1. The summed E-state index contributed by atoms with van der Waals surface area (Å²) in [5.41, 5.74) is 0. The van der Waals surface area contributed by atoms with Crippen molar-refractivity contribution >= 4 is 11.6 Å². The second kappa shape index (κ2) is 11.7. The zero-order chi connectivity index (χ0) is 12.2. The minimum Gasteiger partial charge on any atom is -0.306 e. The molecule has 16 heavy (non-hydrogen) atoms. The molecule has 0 aromatic carbocycles. The molecule has 0 aliphatic rings. The Morgan fingerprint density at radius 3 is 2.38 bits per heavy atom. The zero-order valence-electron chi connectivity index (χ0n) is 11.5. The van der Waals surface area contributed by atoms with Crippen LogP contribution in [0, 0.1) is 5.92 Å². The summed E-state index contributed by atoms with van der Waals surface area (Å²) in [4.78, 5) is 2.50. The van der Waals surface area contributed by atoms with Crippen molar-refractivity contribution in [3.63, 3.8) is 0 Å². The van der Waals surface area contributed by atoms with Crippen LogP contribution in [-0.2, 0) is 0 Å². The van der Waals surface area contributed by atoms with Crippen LogP contribution in [0.1, 0.15) is 58.8 Å². The number of unbranched alkanes of at least 4 members (excludes halogenated alkanes) is 3. The molecule has 0 bridgehead atoms. The van der Waals surface area contributed by atoms with E-state index in [9.17, 15) is 0 Å². The summed E-state index contributed by atoms with van der Waals surface area (Å²) in [7, 11) is 2.26. The summed E-state index contributed by atoms with van der Waals surface area (Å²) in [6, 6.07) is 0. The highest BCUT2D eigenvalue weighted by Crippen LogP contribution is 2.14. The summed E-state index contributed by atoms with van der Waals surface area (Å²) in [5.74, 6) is 1.72. The first-order valence-electron chi connectivity index (χ1n) is 6.99. The van der Waals surface area contributed by atoms with E-state index in [1.165, 1.54) is 58.0 Å². The lowest BCUT2D eigenvalue weighted by Gasteiger charge is -2.23. The van der Waals surface area contributed by atoms with Crippen LogP contribution in [0.4, 0.5) is 0 Å². The molecule has 0 aliphatic carbocycles. The fourth-order valence-corrected chi connectivity index (χ4v) is 2.29. The van der Waals surface area contributed by atoms with Crippen molar-refractivity contribution in [2.45, 2.75) is 58.8 Å². The molecule has 1 atom stereocenters. The van der Waals surface area contributed by atoms with Crippen LogP contribution in [-0.4, -0.2) is 30.9 Å². The summed E-state index contributed by atoms with van der Waals surface area (Å²) >= 11 is 5.67. The van der Waals surface area contributed by atoms with E-state index in [4.69, 9.17) is 11.6 Å². The van der Waals surface area contributed by atoms with Crippen molar-refractivity contribution in [1.29, 1.82) is 0 Å². The monoisotopic (exact) mass is 247 g/mol. The third-order valence-electron chi connectivity index (χ3n) is 3.29. The van der Waals surface area contributed by atoms with Crippen molar-refractivity contribution in [3.05, 3.63) is 0 Å². The molecular formula is C14H30ClN. The Morgan fingerprint density at radius 2 is 1.81 bits per heavy atom. The number of hydrogen-bond donors (Lipinski definition) is 0. The molecular weight excluding hydrogens is 218 g/mol. The average Bonchev–Trinajstić information content (AvgIpc) is 2.30. The lowest BCUT2D eigenvalue weighted by atomic mass is 9.99. The molecule has 0 fully saturated rings. The van der Waals surface area contributed by atoms with Crippen molar-refractivity contribution in [2.75, 3.05) is 26.0 Å². The van der Waals surface area contributed by atoms with E-state index < -0.39 is 0 Å². The van der Waals surface area contributed by atoms with Gasteiger partial charge in [-0.25, -0.2) is 0 Å². The topological polar surface area (TPSA) is 3.24 Å². The Balaban J connectivity index is 3.53. The highest BCUT2D eigenvalue weighted by molar-refractivity contribution is 6.17. The first kappa shape index (κ1) is 16.2. The van der Waals surface area contributed by atoms with Crippen LogP contribution in [0.2, 0.25) is 0 Å². The average molecular weight is 248 g/mol. The molecule has 0 radical (unpaired) electrons. The van der Waals surface area contributed by atoms with Crippen LogP contribution >= 0.6 is 11.6 Å². The van der Waals surface area contributed by atoms with E-state index >= 15 is 0 Å². The number of alkyl halides is 1. The molecule has 0 heterocycles. The van der Waals surface area contributed by atoms with Gasteiger partial charge in [-0.05, 0) is 38.8 Å². The Labute approximate surface area is 108 Å². The second-order valence-electron chi connectivity index (χ2n) is 4.93. The van der Waals surface area contributed by atoms with Gasteiger partial charge in [0, 0.05) is 12.4 Å². The minimum absolute atomic E-state index is 0.817. The highest BCUT2D eigenvalue weighted by atomic mass is 35.5. The Kier molecular flexibility index (Phi) is 11.9. The van der Waals surface area contributed by atoms with Gasteiger partial charge in [-0.1, -0.05) is 39.5 Å². The molecule has 0 rings (SSSR count). The van der Waals surface area contributed by atoms with E-state index in [-0.39, 0.29) is 0 Å². The van der Waals surface area contributed by atoms with Crippen molar-refractivity contribution < 1.29 is 0 Å². The van der Waals surface area contributed by atoms with Crippen LogP contribution in [0.5, 0.6) is 0 Å². The maximum absolute atomic E-state index is 5.67. The van der Waals surface area contributed by atoms with Gasteiger partial charge in [0.15, 0.2) is 0 Å². The molecule has 0 spiro atoms. The highest BCUT2D eigenvalue weighted by Gasteiger charge is 2.08. The van der Waals surface area contributed by atoms with Gasteiger partial charge >= 0.3 is 0 Å². The quantitative estimate of drug-likeness (QED) is 0.383. The molecule has 0 N–H and O–H groups in total. The number of nitrogens with zero attached hydrogens (tertiary/aromatic N) is 1. The van der Waals surface area contributed by atoms with E-state index in [0.29, 0.717) is 0 Å². The maximum Gasteiger partial charge on any atom is 0.0223 e. The van der Waals surface area contributed by atoms with Crippen LogP contribution in [0.25, 0.3) is 0 Å². The Morgan fingerprint density at radius 1 is 1.06 bits per heavy atom. The smallest absolute Gasteiger partial charge is 0.0223 e. The fourth-order valence-electron chi connectivity index (χ4n) is 2.10. The van der Waals surface area contributed by atoms with Crippen molar-refractivity contribution in [3.8, 4) is 0 Å². The van der Waals surface area contributed by atoms with E-state index in [1.54, 1.807) is 0 Å². The molecule has 0 amide bonds. The van der Waals surface area contributed by atoms with E-state index in [2.05, 4.69) is 25.8 Å². The summed E-state index contributed by atoms with van der Waals surface area (Å²) in [5, 5.41) is 0. The molecule has 1 nitrogen and oxygen atoms in total. The molecule has 0 saturated heterocycles. The van der Waals surface area contributed by atoms with Crippen LogP contribution in [0.3, 0.4) is 0 Å². The predicted octanol–water partition coefficient (Wildman–Crippen LogP) is 4.54. The Bertz CT molecular complexity index is 139. The minimum atomic E-state index is 0.817. The molecule has 98 valence electrons. The lowest BCUT2D eigenvalue weighted by Crippen LogP contribution is -2.26. The van der Waals surface area contributed by atoms with Gasteiger partial charge in [-0.3, -0.25) is 0 Å². The van der Waals surface area contributed by atoms with Gasteiger partial charge in [-0.15, -0.1) is 11.6 Å². The largest absolute Gasteiger partial charge is 0.306 e. The van der Waals surface area contributed by atoms with Gasteiger partial charge in [0.1, 0.15) is 0 Å². The molecule has 0 aliphatic heterocycles. The van der Waals surface area contributed by atoms with Gasteiger partial charge < -0.3 is 4.90 Å². The first-order valence-corrected chi connectivity index (χ1v) is 7.52. The number of rotatable bonds is 11. The lowest BCUT2D eigenvalue weighted by molar-refractivity contribution is 0.255. The van der Waals surface area contributed by atoms with Gasteiger partial charge in [0.2, 0.25) is 0 Å². The number of halogens is 1. The van der Waals surface area contributed by atoms with Crippen LogP contribution in [0.15, 0.2) is 0 Å². The van der Waals surface area contributed by atoms with E-state index in [0.717, 1.165) is 11.8 Å². The normalized spacial score (nSPS) is 13.3. The summed E-state index contributed by atoms with van der Waals surface area (Å²) < 4.78 is 0. The third-order valence-corrected chi connectivity index (χ3v) is 3.55. The van der Waals surface area contributed by atoms with Crippen molar-refractivity contribution in [1.82, 2.24) is 4.90 Å². The van der Waals surface area contributed by atoms with Gasteiger partial charge in [0.25, 0.3) is 0 Å². The first-order chi connectivity index (χ1) is 7.74. The summed E-state index contributed by atoms with van der Waals surface area (Å²) in [6.45, 7) is 7.11. The second-order valence-corrected chi connectivity index (χ2v) is 5.31. The predicted molar refractivity (Wildman–Crippen MR) is 75.4 cm³/mol. The van der Waals surface area contributed by atoms with Gasteiger partial charge in [0.05, 0.1) is 0 Å². The third kappa shape index (κ3) is 9.47. The van der Waals surface area contributed by atoms with Crippen LogP contribution < -0.4 is 0 Å². The Hall–Kier alpha value is 0.250. The maximum atomic E-state index is 5.67. The summed E-state index contributed by atoms with van der Waals surface area (Å²) in [6.07, 6.45) is 9.19. The standard InChI is InChI=1S/C14H30ClN/c1-4-6-10-14(5-2)13-16(3)12-9-7-8-11-15/h14H,4-13H2,1-3H3. The van der Waals surface area contributed by atoms with Gasteiger partial charge in [-0.2, -0.15) is 0 Å². The fraction of sp³-hybridized carbons (Fsp3) is 1.00.